The minimum absolute atomic E-state index is 0.183. The highest BCUT2D eigenvalue weighted by Gasteiger charge is 2.29. The van der Waals surface area contributed by atoms with Gasteiger partial charge in [-0.15, -0.1) is 11.3 Å². The van der Waals surface area contributed by atoms with Crippen molar-refractivity contribution in [1.82, 2.24) is 15.6 Å². The van der Waals surface area contributed by atoms with Crippen molar-refractivity contribution in [3.8, 4) is 0 Å². The Hall–Kier alpha value is -2.41. The fraction of sp³-hybridized carbons (Fsp3) is 0.353. The number of urea groups is 1. The van der Waals surface area contributed by atoms with Gasteiger partial charge >= 0.3 is 6.03 Å². The van der Waals surface area contributed by atoms with Crippen LogP contribution in [0.25, 0.3) is 0 Å². The molecule has 0 unspecified atom stereocenters. The Balaban J connectivity index is 2.17. The van der Waals surface area contributed by atoms with Gasteiger partial charge in [0, 0.05) is 29.9 Å². The van der Waals surface area contributed by atoms with Crippen LogP contribution >= 0.6 is 11.3 Å². The number of aromatic nitrogens is 1. The minimum Gasteiger partial charge on any atom is -0.355 e. The molecule has 1 heterocycles. The largest absolute Gasteiger partial charge is 0.355 e. The van der Waals surface area contributed by atoms with Gasteiger partial charge in [-0.05, 0) is 38.0 Å². The van der Waals surface area contributed by atoms with Crippen LogP contribution in [-0.4, -0.2) is 24.0 Å². The van der Waals surface area contributed by atoms with Crippen LogP contribution in [0.4, 0.5) is 10.5 Å². The average Bonchev–Trinajstić information content (AvgIpc) is 3.11. The standard InChI is InChI=1S/C17H22N4O2S/c1-5-17(3,15-19-9-10-24-15)21-16(23)20-13-8-6-7-12(11(13)2)14(22)18-4/h6-10H,5H2,1-4H3,(H,18,22)(H2,20,21,23)/t17-/m1/s1. The molecule has 1 aromatic carbocycles. The number of carbonyl (C=O) groups is 2. The molecule has 2 aromatic rings. The summed E-state index contributed by atoms with van der Waals surface area (Å²) in [5.74, 6) is -0.183. The van der Waals surface area contributed by atoms with E-state index in [-0.39, 0.29) is 11.9 Å². The summed E-state index contributed by atoms with van der Waals surface area (Å²) in [6.07, 6.45) is 2.44. The summed E-state index contributed by atoms with van der Waals surface area (Å²) in [4.78, 5) is 28.6. The molecule has 24 heavy (non-hydrogen) atoms. The van der Waals surface area contributed by atoms with Crippen LogP contribution in [0.15, 0.2) is 29.8 Å². The number of benzene rings is 1. The Morgan fingerprint density at radius 1 is 1.33 bits per heavy atom. The van der Waals surface area contributed by atoms with Crippen LogP contribution in [0, 0.1) is 6.92 Å². The quantitative estimate of drug-likeness (QED) is 0.777. The van der Waals surface area contributed by atoms with E-state index in [1.54, 1.807) is 38.4 Å². The van der Waals surface area contributed by atoms with Crippen LogP contribution < -0.4 is 16.0 Å². The average molecular weight is 346 g/mol. The lowest BCUT2D eigenvalue weighted by atomic mass is 10.0. The molecule has 0 radical (unpaired) electrons. The molecule has 0 aliphatic heterocycles. The van der Waals surface area contributed by atoms with E-state index in [4.69, 9.17) is 0 Å². The van der Waals surface area contributed by atoms with E-state index in [9.17, 15) is 9.59 Å². The Kier molecular flexibility index (Phi) is 5.56. The lowest BCUT2D eigenvalue weighted by Crippen LogP contribution is -2.45. The first-order valence-corrected chi connectivity index (χ1v) is 8.60. The van der Waals surface area contributed by atoms with E-state index in [2.05, 4.69) is 20.9 Å². The number of nitrogens with zero attached hydrogens (tertiary/aromatic N) is 1. The fourth-order valence-corrected chi connectivity index (χ4v) is 3.17. The van der Waals surface area contributed by atoms with Gasteiger partial charge < -0.3 is 16.0 Å². The van der Waals surface area contributed by atoms with Crippen molar-refractivity contribution in [3.05, 3.63) is 45.9 Å². The number of hydrogen-bond acceptors (Lipinski definition) is 4. The van der Waals surface area contributed by atoms with E-state index in [0.717, 1.165) is 10.6 Å². The second-order valence-electron chi connectivity index (χ2n) is 5.66. The second-order valence-corrected chi connectivity index (χ2v) is 6.55. The molecule has 0 bridgehead atoms. The van der Waals surface area contributed by atoms with Gasteiger partial charge in [0.25, 0.3) is 5.91 Å². The third kappa shape index (κ3) is 3.73. The maximum Gasteiger partial charge on any atom is 0.320 e. The highest BCUT2D eigenvalue weighted by Crippen LogP contribution is 2.26. The van der Waals surface area contributed by atoms with Gasteiger partial charge in [0.1, 0.15) is 5.01 Å². The molecular weight excluding hydrogens is 324 g/mol. The molecule has 0 saturated heterocycles. The highest BCUT2D eigenvalue weighted by molar-refractivity contribution is 7.09. The predicted octanol–water partition coefficient (Wildman–Crippen LogP) is 3.26. The van der Waals surface area contributed by atoms with Crippen molar-refractivity contribution < 1.29 is 9.59 Å². The smallest absolute Gasteiger partial charge is 0.320 e. The zero-order valence-electron chi connectivity index (χ0n) is 14.3. The molecule has 3 amide bonds. The zero-order chi connectivity index (χ0) is 17.7. The zero-order valence-corrected chi connectivity index (χ0v) is 15.1. The van der Waals surface area contributed by atoms with E-state index in [0.29, 0.717) is 17.7 Å². The van der Waals surface area contributed by atoms with Crippen molar-refractivity contribution in [3.63, 3.8) is 0 Å². The first-order valence-electron chi connectivity index (χ1n) is 7.72. The molecule has 7 heteroatoms. The van der Waals surface area contributed by atoms with Gasteiger partial charge in [0.15, 0.2) is 0 Å². The summed E-state index contributed by atoms with van der Waals surface area (Å²) >= 11 is 1.51. The van der Waals surface area contributed by atoms with E-state index < -0.39 is 5.54 Å². The van der Waals surface area contributed by atoms with Crippen LogP contribution in [0.3, 0.4) is 0 Å². The molecule has 1 atom stereocenters. The normalized spacial score (nSPS) is 13.0. The summed E-state index contributed by atoms with van der Waals surface area (Å²) < 4.78 is 0. The first-order chi connectivity index (χ1) is 11.4. The molecule has 6 nitrogen and oxygen atoms in total. The van der Waals surface area contributed by atoms with Crippen molar-refractivity contribution in [2.75, 3.05) is 12.4 Å². The Bertz CT molecular complexity index is 730. The van der Waals surface area contributed by atoms with Crippen molar-refractivity contribution in [2.24, 2.45) is 0 Å². The molecule has 0 aliphatic carbocycles. The topological polar surface area (TPSA) is 83.1 Å². The molecule has 0 saturated carbocycles. The summed E-state index contributed by atoms with van der Waals surface area (Å²) in [5.41, 5.74) is 1.32. The maximum atomic E-state index is 12.4. The van der Waals surface area contributed by atoms with E-state index in [1.165, 1.54) is 11.3 Å². The van der Waals surface area contributed by atoms with E-state index in [1.807, 2.05) is 19.2 Å². The monoisotopic (exact) mass is 346 g/mol. The number of nitrogens with one attached hydrogen (secondary N) is 3. The Morgan fingerprint density at radius 3 is 2.67 bits per heavy atom. The molecule has 1 aromatic heterocycles. The summed E-state index contributed by atoms with van der Waals surface area (Å²) in [5, 5.41) is 11.1. The van der Waals surface area contributed by atoms with Crippen LogP contribution in [0.2, 0.25) is 0 Å². The second kappa shape index (κ2) is 7.44. The third-order valence-electron chi connectivity index (χ3n) is 4.05. The summed E-state index contributed by atoms with van der Waals surface area (Å²) in [6, 6.07) is 4.91. The van der Waals surface area contributed by atoms with Gasteiger partial charge in [0.05, 0.1) is 5.54 Å². The van der Waals surface area contributed by atoms with Crippen LogP contribution in [0.5, 0.6) is 0 Å². The van der Waals surface area contributed by atoms with Crippen molar-refractivity contribution in [2.45, 2.75) is 32.7 Å². The van der Waals surface area contributed by atoms with E-state index >= 15 is 0 Å². The number of thiazole rings is 1. The molecule has 0 fully saturated rings. The summed E-state index contributed by atoms with van der Waals surface area (Å²) in [7, 11) is 1.58. The van der Waals surface area contributed by atoms with Gasteiger partial charge in [0.2, 0.25) is 0 Å². The first kappa shape index (κ1) is 17.9. The van der Waals surface area contributed by atoms with Crippen molar-refractivity contribution in [1.29, 1.82) is 0 Å². The molecule has 0 spiro atoms. The molecule has 0 aliphatic rings. The van der Waals surface area contributed by atoms with Gasteiger partial charge in [-0.2, -0.15) is 0 Å². The fourth-order valence-electron chi connectivity index (χ4n) is 2.34. The number of carbonyl (C=O) groups excluding carboxylic acids is 2. The maximum absolute atomic E-state index is 12.4. The molecule has 128 valence electrons. The van der Waals surface area contributed by atoms with Crippen LogP contribution in [0.1, 0.15) is 41.2 Å². The Morgan fingerprint density at radius 2 is 2.08 bits per heavy atom. The molecule has 2 rings (SSSR count). The van der Waals surface area contributed by atoms with Crippen LogP contribution in [-0.2, 0) is 5.54 Å². The molecular formula is C17H22N4O2S. The molecule has 3 N–H and O–H groups in total. The van der Waals surface area contributed by atoms with Gasteiger partial charge in [-0.3, -0.25) is 4.79 Å². The lowest BCUT2D eigenvalue weighted by Gasteiger charge is -2.27. The number of anilines is 1. The lowest BCUT2D eigenvalue weighted by molar-refractivity contribution is 0.0962. The predicted molar refractivity (Wildman–Crippen MR) is 96.5 cm³/mol. The van der Waals surface area contributed by atoms with Crippen molar-refractivity contribution >= 4 is 29.0 Å². The van der Waals surface area contributed by atoms with Gasteiger partial charge in [-0.1, -0.05) is 13.0 Å². The van der Waals surface area contributed by atoms with Gasteiger partial charge in [-0.25, -0.2) is 9.78 Å². The number of rotatable bonds is 5. The SMILES string of the molecule is CC[C@@](C)(NC(=O)Nc1cccc(C(=O)NC)c1C)c1nccs1. The third-order valence-corrected chi connectivity index (χ3v) is 5.09. The minimum atomic E-state index is -0.537. The Labute approximate surface area is 145 Å². The number of amides is 3. The number of hydrogen-bond donors (Lipinski definition) is 3. The highest BCUT2D eigenvalue weighted by atomic mass is 32.1. The summed E-state index contributed by atoms with van der Waals surface area (Å²) in [6.45, 7) is 5.75.